The molecule has 1 aromatic heterocycles. The average Bonchev–Trinajstić information content (AvgIpc) is 3.40. The molecule has 0 saturated carbocycles. The van der Waals surface area contributed by atoms with Crippen LogP contribution in [0.1, 0.15) is 0 Å². The Hall–Kier alpha value is -5.40. The van der Waals surface area contributed by atoms with Crippen LogP contribution in [0.3, 0.4) is 0 Å². The molecule has 1 heteroatoms. The fourth-order valence-corrected chi connectivity index (χ4v) is 6.70. The third-order valence-electron chi connectivity index (χ3n) is 8.60. The first-order chi connectivity index (χ1) is 20.3. The van der Waals surface area contributed by atoms with Crippen molar-refractivity contribution in [3.8, 4) is 22.3 Å². The first-order valence-electron chi connectivity index (χ1n) is 14.1. The van der Waals surface area contributed by atoms with Crippen LogP contribution in [0.4, 0.5) is 0 Å². The highest BCUT2D eigenvalue weighted by Gasteiger charge is 2.18. The second-order valence-electron chi connectivity index (χ2n) is 10.9. The maximum absolute atomic E-state index is 6.47. The van der Waals surface area contributed by atoms with Gasteiger partial charge in [-0.15, -0.1) is 0 Å². The van der Waals surface area contributed by atoms with Gasteiger partial charge < -0.3 is 4.42 Å². The van der Waals surface area contributed by atoms with Crippen molar-refractivity contribution in [3.63, 3.8) is 0 Å². The van der Waals surface area contributed by atoms with Gasteiger partial charge in [-0.2, -0.15) is 0 Å². The van der Waals surface area contributed by atoms with E-state index in [1.807, 2.05) is 0 Å². The molecule has 0 spiro atoms. The Morgan fingerprint density at radius 1 is 0.341 bits per heavy atom. The van der Waals surface area contributed by atoms with Gasteiger partial charge in [-0.05, 0) is 95.7 Å². The van der Waals surface area contributed by atoms with Gasteiger partial charge in [0.1, 0.15) is 11.2 Å². The summed E-state index contributed by atoms with van der Waals surface area (Å²) in [5.41, 5.74) is 6.78. The Morgan fingerprint density at radius 2 is 1.05 bits per heavy atom. The summed E-state index contributed by atoms with van der Waals surface area (Å²) >= 11 is 0. The zero-order chi connectivity index (χ0) is 26.9. The van der Waals surface area contributed by atoms with E-state index in [9.17, 15) is 0 Å². The molecule has 0 aliphatic rings. The molecule has 0 aliphatic carbocycles. The third-order valence-corrected chi connectivity index (χ3v) is 8.60. The highest BCUT2D eigenvalue weighted by Crippen LogP contribution is 2.45. The molecule has 0 radical (unpaired) electrons. The highest BCUT2D eigenvalue weighted by atomic mass is 16.3. The molecule has 0 atom stereocenters. The quantitative estimate of drug-likeness (QED) is 0.163. The van der Waals surface area contributed by atoms with E-state index < -0.39 is 0 Å². The summed E-state index contributed by atoms with van der Waals surface area (Å²) in [6, 6.07) is 52.6. The van der Waals surface area contributed by atoms with Crippen molar-refractivity contribution in [1.29, 1.82) is 0 Å². The van der Waals surface area contributed by atoms with Crippen LogP contribution in [0, 0.1) is 0 Å². The second-order valence-corrected chi connectivity index (χ2v) is 10.9. The summed E-state index contributed by atoms with van der Waals surface area (Å²) in [6.45, 7) is 0. The lowest BCUT2D eigenvalue weighted by Gasteiger charge is -2.15. The van der Waals surface area contributed by atoms with Crippen LogP contribution in [0.25, 0.3) is 87.3 Å². The molecule has 0 amide bonds. The molecule has 190 valence electrons. The summed E-state index contributed by atoms with van der Waals surface area (Å²) in [7, 11) is 0. The first kappa shape index (κ1) is 22.4. The minimum atomic E-state index is 0.919. The van der Waals surface area contributed by atoms with Gasteiger partial charge in [0.25, 0.3) is 0 Å². The molecule has 9 rings (SSSR count). The summed E-state index contributed by atoms with van der Waals surface area (Å²) < 4.78 is 6.47. The van der Waals surface area contributed by atoms with Crippen molar-refractivity contribution in [1.82, 2.24) is 0 Å². The van der Waals surface area contributed by atoms with E-state index in [0.29, 0.717) is 0 Å². The molecule has 1 nitrogen and oxygen atoms in total. The molecule has 0 bridgehead atoms. The van der Waals surface area contributed by atoms with Crippen molar-refractivity contribution in [2.45, 2.75) is 0 Å². The number of fused-ring (bicyclic) bond motifs is 8. The zero-order valence-corrected chi connectivity index (χ0v) is 22.3. The molecule has 1 heterocycles. The van der Waals surface area contributed by atoms with Gasteiger partial charge in [0.2, 0.25) is 0 Å². The van der Waals surface area contributed by atoms with E-state index in [4.69, 9.17) is 4.42 Å². The van der Waals surface area contributed by atoms with Crippen LogP contribution in [0.2, 0.25) is 0 Å². The van der Waals surface area contributed by atoms with Crippen LogP contribution in [0.15, 0.2) is 150 Å². The predicted octanol–water partition coefficient (Wildman–Crippen LogP) is 11.5. The van der Waals surface area contributed by atoms with E-state index in [-0.39, 0.29) is 0 Å². The average molecular weight is 521 g/mol. The Morgan fingerprint density at radius 3 is 1.93 bits per heavy atom. The zero-order valence-electron chi connectivity index (χ0n) is 22.3. The molecule has 8 aromatic carbocycles. The summed E-state index contributed by atoms with van der Waals surface area (Å²) in [5.74, 6) is 0. The predicted molar refractivity (Wildman–Crippen MR) is 175 cm³/mol. The minimum Gasteiger partial charge on any atom is -0.456 e. The molecule has 0 aliphatic heterocycles. The van der Waals surface area contributed by atoms with E-state index in [0.717, 1.165) is 16.6 Å². The van der Waals surface area contributed by atoms with Crippen molar-refractivity contribution in [3.05, 3.63) is 146 Å². The van der Waals surface area contributed by atoms with Gasteiger partial charge in [0.15, 0.2) is 0 Å². The van der Waals surface area contributed by atoms with E-state index in [1.54, 1.807) is 0 Å². The molecule has 41 heavy (non-hydrogen) atoms. The number of rotatable bonds is 2. The van der Waals surface area contributed by atoms with Gasteiger partial charge in [0, 0.05) is 10.8 Å². The standard InChI is InChI=1S/C40H24O/c1-2-9-25(10-3-1)28-17-19-31-30(21-28)18-20-33-35(31)23-29-13-6-7-14-32(29)39(33)34-15-8-16-37-40(34)36-22-26-11-4-5-12-27(26)24-38(36)41-37/h1-24H. The fraction of sp³-hybridized carbons (Fsp3) is 0. The highest BCUT2D eigenvalue weighted by molar-refractivity contribution is 6.25. The molecular weight excluding hydrogens is 496 g/mol. The van der Waals surface area contributed by atoms with Gasteiger partial charge >= 0.3 is 0 Å². The van der Waals surface area contributed by atoms with E-state index in [2.05, 4.69) is 146 Å². The van der Waals surface area contributed by atoms with Crippen LogP contribution in [0.5, 0.6) is 0 Å². The maximum Gasteiger partial charge on any atom is 0.136 e. The van der Waals surface area contributed by atoms with Gasteiger partial charge in [-0.25, -0.2) is 0 Å². The topological polar surface area (TPSA) is 13.1 Å². The lowest BCUT2D eigenvalue weighted by atomic mass is 9.87. The summed E-state index contributed by atoms with van der Waals surface area (Å²) in [5, 5.41) is 12.3. The van der Waals surface area contributed by atoms with Gasteiger partial charge in [0.05, 0.1) is 0 Å². The number of hydrogen-bond donors (Lipinski definition) is 0. The molecule has 9 aromatic rings. The number of benzene rings is 8. The maximum atomic E-state index is 6.47. The number of furan rings is 1. The van der Waals surface area contributed by atoms with Crippen molar-refractivity contribution >= 4 is 65.0 Å². The van der Waals surface area contributed by atoms with Crippen LogP contribution >= 0.6 is 0 Å². The largest absolute Gasteiger partial charge is 0.456 e. The van der Waals surface area contributed by atoms with E-state index in [1.165, 1.54) is 70.7 Å². The van der Waals surface area contributed by atoms with Crippen LogP contribution in [-0.4, -0.2) is 0 Å². The Kier molecular flexibility index (Phi) is 4.67. The van der Waals surface area contributed by atoms with Gasteiger partial charge in [-0.1, -0.05) is 115 Å². The second kappa shape index (κ2) is 8.55. The molecule has 0 fully saturated rings. The fourth-order valence-electron chi connectivity index (χ4n) is 6.70. The Balaban J connectivity index is 1.39. The minimum absolute atomic E-state index is 0.919. The Bertz CT molecular complexity index is 2460. The van der Waals surface area contributed by atoms with Crippen molar-refractivity contribution < 1.29 is 4.42 Å². The lowest BCUT2D eigenvalue weighted by Crippen LogP contribution is -1.88. The van der Waals surface area contributed by atoms with Gasteiger partial charge in [-0.3, -0.25) is 0 Å². The third kappa shape index (κ3) is 3.36. The summed E-state index contributed by atoms with van der Waals surface area (Å²) in [6.07, 6.45) is 0. The lowest BCUT2D eigenvalue weighted by molar-refractivity contribution is 0.669. The van der Waals surface area contributed by atoms with Crippen LogP contribution in [-0.2, 0) is 0 Å². The first-order valence-corrected chi connectivity index (χ1v) is 14.1. The molecule has 0 saturated heterocycles. The molecule has 0 N–H and O–H groups in total. The monoisotopic (exact) mass is 520 g/mol. The SMILES string of the molecule is c1ccc(-c2ccc3c(ccc4c(-c5cccc6oc7cc8ccccc8cc7c56)c5ccccc5cc43)c2)cc1. The molecule has 0 unspecified atom stereocenters. The normalized spacial score (nSPS) is 11.9. The van der Waals surface area contributed by atoms with Crippen molar-refractivity contribution in [2.75, 3.05) is 0 Å². The van der Waals surface area contributed by atoms with E-state index >= 15 is 0 Å². The number of hydrogen-bond acceptors (Lipinski definition) is 1. The van der Waals surface area contributed by atoms with Crippen molar-refractivity contribution in [2.24, 2.45) is 0 Å². The van der Waals surface area contributed by atoms with Crippen LogP contribution < -0.4 is 0 Å². The smallest absolute Gasteiger partial charge is 0.136 e. The summed E-state index contributed by atoms with van der Waals surface area (Å²) in [4.78, 5) is 0. The molecular formula is C40H24O. The Labute approximate surface area is 236 Å².